The summed E-state index contributed by atoms with van der Waals surface area (Å²) in [6.45, 7) is 5.99. The first-order chi connectivity index (χ1) is 16.1. The van der Waals surface area contributed by atoms with E-state index in [2.05, 4.69) is 20.9 Å². The number of carbonyl (C=O) groups excluding carboxylic acids is 3. The van der Waals surface area contributed by atoms with Crippen LogP contribution in [0.15, 0.2) is 6.20 Å². The molecule has 1 aliphatic heterocycles. The molecule has 0 spiro atoms. The lowest BCUT2D eigenvalue weighted by atomic mass is 9.83. The van der Waals surface area contributed by atoms with Crippen molar-refractivity contribution in [3.8, 4) is 0 Å². The molecule has 0 radical (unpaired) electrons. The average Bonchev–Trinajstić information content (AvgIpc) is 3.39. The molecule has 2 aliphatic carbocycles. The minimum absolute atomic E-state index is 0.0742. The number of nitrogens with one attached hydrogen (secondary N) is 2. The minimum Gasteiger partial charge on any atom is -0.391 e. The number of aliphatic hydroxyl groups is 1. The molecule has 3 aliphatic rings. The lowest BCUT2D eigenvalue weighted by Gasteiger charge is -2.36. The highest BCUT2D eigenvalue weighted by Crippen LogP contribution is 2.40. The van der Waals surface area contributed by atoms with E-state index in [0.29, 0.717) is 5.92 Å². The van der Waals surface area contributed by atoms with Gasteiger partial charge in [-0.05, 0) is 31.1 Å². The van der Waals surface area contributed by atoms with Gasteiger partial charge in [0.05, 0.1) is 17.7 Å². The highest BCUT2D eigenvalue weighted by atomic mass is 16.3. The van der Waals surface area contributed by atoms with E-state index < -0.39 is 23.6 Å². The largest absolute Gasteiger partial charge is 0.391 e. The standard InChI is InChI=1S/C24H38N6O4/c1-24(2,3)20(30-13-18(27-28-30)14-9-10-14)23(34)29-12-15(31)11-19(29)22(33)26-17-8-6-5-7-16(17)21(32)25-4/h13-17,19-20,31H,5-12H2,1-4H3,(H,25,32)(H,26,33)/t15?,16?,17?,19?,20-/m1/s1. The lowest BCUT2D eigenvalue weighted by Crippen LogP contribution is -2.54. The van der Waals surface area contributed by atoms with E-state index >= 15 is 0 Å². The molecule has 10 nitrogen and oxygen atoms in total. The Hall–Kier alpha value is -2.49. The van der Waals surface area contributed by atoms with Crippen LogP contribution in [0.4, 0.5) is 0 Å². The van der Waals surface area contributed by atoms with Gasteiger partial charge in [-0.15, -0.1) is 5.10 Å². The normalized spacial score (nSPS) is 28.4. The van der Waals surface area contributed by atoms with Gasteiger partial charge in [-0.3, -0.25) is 14.4 Å². The van der Waals surface area contributed by atoms with E-state index in [0.717, 1.165) is 44.2 Å². The summed E-state index contributed by atoms with van der Waals surface area (Å²) in [4.78, 5) is 41.0. The van der Waals surface area contributed by atoms with Crippen molar-refractivity contribution in [2.45, 2.75) is 95.9 Å². The molecular weight excluding hydrogens is 436 g/mol. The Morgan fingerprint density at radius 1 is 1.12 bits per heavy atom. The number of aromatic nitrogens is 3. The smallest absolute Gasteiger partial charge is 0.248 e. The molecule has 1 aromatic rings. The number of carbonyl (C=O) groups is 3. The number of β-amino-alcohol motifs (C(OH)–C–C–N with tert-alkyl or cyclic N) is 1. The molecule has 2 heterocycles. The molecule has 2 saturated carbocycles. The van der Waals surface area contributed by atoms with E-state index in [1.807, 2.05) is 27.0 Å². The Bertz CT molecular complexity index is 921. The molecule has 1 saturated heterocycles. The summed E-state index contributed by atoms with van der Waals surface area (Å²) in [6.07, 6.45) is 6.76. The van der Waals surface area contributed by atoms with E-state index in [1.165, 1.54) is 4.90 Å². The van der Waals surface area contributed by atoms with E-state index in [9.17, 15) is 19.5 Å². The molecule has 0 aromatic carbocycles. The quantitative estimate of drug-likeness (QED) is 0.567. The number of hydrogen-bond acceptors (Lipinski definition) is 6. The molecule has 1 aromatic heterocycles. The summed E-state index contributed by atoms with van der Waals surface area (Å²) >= 11 is 0. The predicted octanol–water partition coefficient (Wildman–Crippen LogP) is 1.13. The van der Waals surface area contributed by atoms with E-state index in [1.54, 1.807) is 11.7 Å². The van der Waals surface area contributed by atoms with Gasteiger partial charge in [0.25, 0.3) is 0 Å². The van der Waals surface area contributed by atoms with Gasteiger partial charge < -0.3 is 20.6 Å². The molecular formula is C24H38N6O4. The molecule has 10 heteroatoms. The first-order valence-corrected chi connectivity index (χ1v) is 12.5. The van der Waals surface area contributed by atoms with Crippen molar-refractivity contribution in [1.29, 1.82) is 0 Å². The van der Waals surface area contributed by atoms with Gasteiger partial charge in [0, 0.05) is 38.2 Å². The molecule has 4 unspecified atom stereocenters. The highest BCUT2D eigenvalue weighted by Gasteiger charge is 2.46. The zero-order chi connectivity index (χ0) is 24.6. The molecule has 4 rings (SSSR count). The maximum Gasteiger partial charge on any atom is 0.248 e. The van der Waals surface area contributed by atoms with Crippen LogP contribution < -0.4 is 10.6 Å². The summed E-state index contributed by atoms with van der Waals surface area (Å²) in [6, 6.07) is -1.71. The lowest BCUT2D eigenvalue weighted by molar-refractivity contribution is -0.144. The van der Waals surface area contributed by atoms with Crippen LogP contribution in [0.5, 0.6) is 0 Å². The summed E-state index contributed by atoms with van der Waals surface area (Å²) in [5.41, 5.74) is 0.420. The van der Waals surface area contributed by atoms with Gasteiger partial charge in [0.1, 0.15) is 12.1 Å². The fraction of sp³-hybridized carbons (Fsp3) is 0.792. The fourth-order valence-electron chi connectivity index (χ4n) is 5.41. The van der Waals surface area contributed by atoms with Crippen LogP contribution in [0.1, 0.15) is 83.4 Å². The summed E-state index contributed by atoms with van der Waals surface area (Å²) in [7, 11) is 1.61. The highest BCUT2D eigenvalue weighted by molar-refractivity contribution is 5.91. The van der Waals surface area contributed by atoms with Crippen molar-refractivity contribution < 1.29 is 19.5 Å². The molecule has 3 fully saturated rings. The van der Waals surface area contributed by atoms with Gasteiger partial charge in [-0.25, -0.2) is 4.68 Å². The van der Waals surface area contributed by atoms with Crippen molar-refractivity contribution in [3.05, 3.63) is 11.9 Å². The van der Waals surface area contributed by atoms with Crippen LogP contribution in [0, 0.1) is 11.3 Å². The van der Waals surface area contributed by atoms with Crippen LogP contribution in [-0.2, 0) is 14.4 Å². The van der Waals surface area contributed by atoms with Crippen LogP contribution in [0.3, 0.4) is 0 Å². The van der Waals surface area contributed by atoms with Crippen molar-refractivity contribution in [3.63, 3.8) is 0 Å². The zero-order valence-corrected chi connectivity index (χ0v) is 20.7. The Morgan fingerprint density at radius 3 is 2.47 bits per heavy atom. The Morgan fingerprint density at radius 2 is 1.82 bits per heavy atom. The predicted molar refractivity (Wildman–Crippen MR) is 125 cm³/mol. The van der Waals surface area contributed by atoms with Gasteiger partial charge in [-0.1, -0.05) is 38.8 Å². The third-order valence-corrected chi connectivity index (χ3v) is 7.38. The second-order valence-electron chi connectivity index (χ2n) is 11.2. The topological polar surface area (TPSA) is 129 Å². The molecule has 188 valence electrons. The number of likely N-dealkylation sites (tertiary alicyclic amines) is 1. The Kier molecular flexibility index (Phi) is 6.98. The molecule has 3 amide bonds. The van der Waals surface area contributed by atoms with Crippen molar-refractivity contribution in [1.82, 2.24) is 30.5 Å². The van der Waals surface area contributed by atoms with Gasteiger partial charge >= 0.3 is 0 Å². The first-order valence-electron chi connectivity index (χ1n) is 12.5. The van der Waals surface area contributed by atoms with Gasteiger partial charge in [0.15, 0.2) is 0 Å². The van der Waals surface area contributed by atoms with Gasteiger partial charge in [-0.2, -0.15) is 0 Å². The summed E-state index contributed by atoms with van der Waals surface area (Å²) in [5, 5.41) is 24.7. The minimum atomic E-state index is -0.786. The third-order valence-electron chi connectivity index (χ3n) is 7.38. The second-order valence-corrected chi connectivity index (χ2v) is 11.2. The van der Waals surface area contributed by atoms with Crippen molar-refractivity contribution >= 4 is 17.7 Å². The van der Waals surface area contributed by atoms with Crippen molar-refractivity contribution in [2.24, 2.45) is 11.3 Å². The third kappa shape index (κ3) is 5.11. The van der Waals surface area contributed by atoms with Crippen LogP contribution in [-0.4, -0.2) is 74.5 Å². The van der Waals surface area contributed by atoms with Crippen molar-refractivity contribution in [2.75, 3.05) is 13.6 Å². The molecule has 5 atom stereocenters. The van der Waals surface area contributed by atoms with E-state index in [-0.39, 0.29) is 42.6 Å². The number of aliphatic hydroxyl groups excluding tert-OH is 1. The molecule has 3 N–H and O–H groups in total. The number of rotatable bonds is 6. The van der Waals surface area contributed by atoms with Crippen LogP contribution >= 0.6 is 0 Å². The fourth-order valence-corrected chi connectivity index (χ4v) is 5.41. The average molecular weight is 475 g/mol. The maximum atomic E-state index is 13.8. The number of amides is 3. The number of hydrogen-bond donors (Lipinski definition) is 3. The summed E-state index contributed by atoms with van der Waals surface area (Å²) < 4.78 is 1.62. The maximum absolute atomic E-state index is 13.8. The monoisotopic (exact) mass is 474 g/mol. The SMILES string of the molecule is CNC(=O)C1CCCCC1NC(=O)C1CC(O)CN1C(=O)[C@@H](n1cc(C2CC2)nn1)C(C)(C)C. The molecule has 0 bridgehead atoms. The zero-order valence-electron chi connectivity index (χ0n) is 20.7. The van der Waals surface area contributed by atoms with Crippen LogP contribution in [0.2, 0.25) is 0 Å². The van der Waals surface area contributed by atoms with Gasteiger partial charge in [0.2, 0.25) is 17.7 Å². The Balaban J connectivity index is 1.53. The second kappa shape index (κ2) is 9.64. The van der Waals surface area contributed by atoms with E-state index in [4.69, 9.17) is 0 Å². The van der Waals surface area contributed by atoms with Crippen LogP contribution in [0.25, 0.3) is 0 Å². The molecule has 34 heavy (non-hydrogen) atoms. The summed E-state index contributed by atoms with van der Waals surface area (Å²) in [5.74, 6) is -0.495. The Labute approximate surface area is 200 Å². The first kappa shape index (κ1) is 24.6. The number of nitrogens with zero attached hydrogens (tertiary/aromatic N) is 4.